The second kappa shape index (κ2) is 4.93. The molecule has 0 aromatic heterocycles. The maximum absolute atomic E-state index is 2.56. The number of hydrogen-bond acceptors (Lipinski definition) is 0. The molecule has 2 aromatic rings. The van der Waals surface area contributed by atoms with Crippen LogP contribution in [0.1, 0.15) is 31.9 Å². The van der Waals surface area contributed by atoms with Crippen molar-refractivity contribution in [1.29, 1.82) is 0 Å². The van der Waals surface area contributed by atoms with E-state index < -0.39 is 16.1 Å². The molecular weight excluding hydrogens is 308 g/mol. The fraction of sp³-hybridized carbons (Fsp3) is 0.429. The Kier molecular flexibility index (Phi) is 3.59. The molecule has 0 saturated heterocycles. The Balaban J connectivity index is 2.44. The average Bonchev–Trinajstić information content (AvgIpc) is 2.44. The largest absolute Gasteiger partial charge is 0.112 e. The van der Waals surface area contributed by atoms with Gasteiger partial charge >= 0.3 is 0 Å². The summed E-state index contributed by atoms with van der Waals surface area (Å²) in [7, 11) is -3.29. The summed E-state index contributed by atoms with van der Waals surface area (Å²) in [6.45, 7) is 19.5. The Morgan fingerprint density at radius 1 is 0.739 bits per heavy atom. The first-order valence-electron chi connectivity index (χ1n) is 8.73. The summed E-state index contributed by atoms with van der Waals surface area (Å²) in [4.78, 5) is 0. The monoisotopic (exact) mass is 338 g/mol. The lowest BCUT2D eigenvalue weighted by Gasteiger charge is -2.44. The summed E-state index contributed by atoms with van der Waals surface area (Å²) in [5.74, 6) is 0. The minimum atomic E-state index is -1.67. The summed E-state index contributed by atoms with van der Waals surface area (Å²) >= 11 is 0. The molecule has 0 radical (unpaired) electrons. The molecule has 2 aromatic carbocycles. The van der Waals surface area contributed by atoms with Gasteiger partial charge in [-0.05, 0) is 17.9 Å². The Morgan fingerprint density at radius 2 is 1.39 bits per heavy atom. The lowest BCUT2D eigenvalue weighted by molar-refractivity contribution is 0.594. The van der Waals surface area contributed by atoms with Crippen molar-refractivity contribution in [3.63, 3.8) is 0 Å². The number of aryl methyl sites for hydroxylation is 1. The normalized spacial score (nSPS) is 18.3. The second-order valence-corrected chi connectivity index (χ2v) is 17.9. The van der Waals surface area contributed by atoms with Gasteiger partial charge in [-0.3, -0.25) is 0 Å². The van der Waals surface area contributed by atoms with E-state index in [0.29, 0.717) is 0 Å². The first-order valence-corrected chi connectivity index (χ1v) is 14.7. The zero-order valence-electron chi connectivity index (χ0n) is 16.0. The van der Waals surface area contributed by atoms with Gasteiger partial charge in [0.2, 0.25) is 0 Å². The van der Waals surface area contributed by atoms with Gasteiger partial charge in [-0.2, -0.15) is 0 Å². The highest BCUT2D eigenvalue weighted by Gasteiger charge is 2.45. The van der Waals surface area contributed by atoms with E-state index in [1.165, 1.54) is 5.56 Å². The van der Waals surface area contributed by atoms with Crippen molar-refractivity contribution in [3.8, 4) is 0 Å². The van der Waals surface area contributed by atoms with Crippen molar-refractivity contribution in [2.45, 2.75) is 59.3 Å². The first-order chi connectivity index (χ1) is 10.5. The van der Waals surface area contributed by atoms with Crippen molar-refractivity contribution < 1.29 is 0 Å². The molecule has 0 spiro atoms. The van der Waals surface area contributed by atoms with Gasteiger partial charge in [-0.1, -0.05) is 110 Å². The summed E-state index contributed by atoms with van der Waals surface area (Å²) in [6.07, 6.45) is 0. The van der Waals surface area contributed by atoms with Crippen LogP contribution in [0.15, 0.2) is 36.4 Å². The van der Waals surface area contributed by atoms with E-state index in [-0.39, 0.29) is 5.41 Å². The van der Waals surface area contributed by atoms with Crippen LogP contribution in [0.5, 0.6) is 0 Å². The zero-order chi connectivity index (χ0) is 17.2. The quantitative estimate of drug-likeness (QED) is 0.647. The Bertz CT molecular complexity index is 777. The van der Waals surface area contributed by atoms with E-state index in [9.17, 15) is 0 Å². The summed E-state index contributed by atoms with van der Waals surface area (Å²) < 4.78 is 0. The highest BCUT2D eigenvalue weighted by molar-refractivity contribution is 7.16. The third-order valence-electron chi connectivity index (χ3n) is 5.69. The van der Waals surface area contributed by atoms with Crippen LogP contribution in [0.25, 0.3) is 0 Å². The van der Waals surface area contributed by atoms with Crippen LogP contribution >= 0.6 is 0 Å². The molecule has 3 rings (SSSR count). The van der Waals surface area contributed by atoms with Crippen molar-refractivity contribution >= 4 is 36.9 Å². The summed E-state index contributed by atoms with van der Waals surface area (Å²) in [6, 6.07) is 14.4. The number of fused-ring (bicyclic) bond motifs is 2. The number of benzene rings is 2. The van der Waals surface area contributed by atoms with Gasteiger partial charge in [0.05, 0.1) is 0 Å². The standard InChI is InChI=1S/C21H30Si2/c1-15-12-13-17-19(14-15)23(7,8)20-16(21(2,3)4)10-9-11-18(20)22(17,5)6/h9-14H,1-8H3. The van der Waals surface area contributed by atoms with Crippen molar-refractivity contribution in [1.82, 2.24) is 0 Å². The maximum Gasteiger partial charge on any atom is 0.112 e. The van der Waals surface area contributed by atoms with Gasteiger partial charge < -0.3 is 0 Å². The third kappa shape index (κ3) is 2.38. The van der Waals surface area contributed by atoms with E-state index in [4.69, 9.17) is 0 Å². The van der Waals surface area contributed by atoms with E-state index in [0.717, 1.165) is 0 Å². The number of rotatable bonds is 0. The molecule has 1 aliphatic heterocycles. The molecule has 0 aliphatic carbocycles. The minimum Gasteiger partial charge on any atom is -0.0627 e. The SMILES string of the molecule is Cc1ccc2c(c1)[Si](C)(C)c1c(C(C)(C)C)cccc1[Si]2(C)C. The summed E-state index contributed by atoms with van der Waals surface area (Å²) in [5.41, 5.74) is 3.20. The van der Waals surface area contributed by atoms with Gasteiger partial charge in [0.1, 0.15) is 16.1 Å². The van der Waals surface area contributed by atoms with Crippen LogP contribution in [-0.2, 0) is 5.41 Å². The zero-order valence-corrected chi connectivity index (χ0v) is 18.0. The van der Waals surface area contributed by atoms with Crippen LogP contribution in [-0.4, -0.2) is 16.1 Å². The van der Waals surface area contributed by atoms with E-state index in [1.54, 1.807) is 26.3 Å². The molecule has 23 heavy (non-hydrogen) atoms. The van der Waals surface area contributed by atoms with Crippen molar-refractivity contribution in [3.05, 3.63) is 47.5 Å². The molecule has 0 saturated carbocycles. The predicted octanol–water partition coefficient (Wildman–Crippen LogP) is 3.25. The third-order valence-corrected chi connectivity index (χ3v) is 13.3. The molecule has 1 aliphatic rings. The average molecular weight is 339 g/mol. The van der Waals surface area contributed by atoms with Gasteiger partial charge in [-0.25, -0.2) is 0 Å². The van der Waals surface area contributed by atoms with E-state index >= 15 is 0 Å². The van der Waals surface area contributed by atoms with Gasteiger partial charge in [0.15, 0.2) is 0 Å². The van der Waals surface area contributed by atoms with Gasteiger partial charge in [0.25, 0.3) is 0 Å². The first kappa shape index (κ1) is 16.7. The second-order valence-electron chi connectivity index (χ2n) is 9.28. The fourth-order valence-corrected chi connectivity index (χ4v) is 14.4. The number of hydrogen-bond donors (Lipinski definition) is 0. The van der Waals surface area contributed by atoms with Crippen LogP contribution in [0.2, 0.25) is 26.2 Å². The summed E-state index contributed by atoms with van der Waals surface area (Å²) in [5, 5.41) is 6.80. The molecular formula is C21H30Si2. The molecule has 0 nitrogen and oxygen atoms in total. The highest BCUT2D eigenvalue weighted by atomic mass is 28.3. The van der Waals surface area contributed by atoms with Crippen molar-refractivity contribution in [2.24, 2.45) is 0 Å². The van der Waals surface area contributed by atoms with E-state index in [1.807, 2.05) is 0 Å². The topological polar surface area (TPSA) is 0 Å². The van der Waals surface area contributed by atoms with Gasteiger partial charge in [-0.15, -0.1) is 0 Å². The molecule has 0 amide bonds. The molecule has 122 valence electrons. The lowest BCUT2D eigenvalue weighted by Crippen LogP contribution is -2.78. The van der Waals surface area contributed by atoms with Crippen LogP contribution in [0.4, 0.5) is 0 Å². The van der Waals surface area contributed by atoms with Gasteiger partial charge in [0, 0.05) is 0 Å². The molecule has 2 heteroatoms. The molecule has 0 bridgehead atoms. The smallest absolute Gasteiger partial charge is 0.0627 e. The Morgan fingerprint density at radius 3 is 2.00 bits per heavy atom. The van der Waals surface area contributed by atoms with Crippen LogP contribution in [0, 0.1) is 6.92 Å². The molecule has 0 unspecified atom stereocenters. The lowest BCUT2D eigenvalue weighted by atomic mass is 9.87. The molecule has 1 heterocycles. The van der Waals surface area contributed by atoms with Crippen molar-refractivity contribution in [2.75, 3.05) is 0 Å². The Hall–Kier alpha value is -1.13. The van der Waals surface area contributed by atoms with Crippen LogP contribution in [0.3, 0.4) is 0 Å². The minimum absolute atomic E-state index is 0.210. The molecule has 0 fully saturated rings. The van der Waals surface area contributed by atoms with E-state index in [2.05, 4.69) is 90.3 Å². The molecule has 0 N–H and O–H groups in total. The highest BCUT2D eigenvalue weighted by Crippen LogP contribution is 2.25. The molecule has 0 atom stereocenters. The van der Waals surface area contributed by atoms with Crippen LogP contribution < -0.4 is 20.7 Å². The predicted molar refractivity (Wildman–Crippen MR) is 110 cm³/mol. The maximum atomic E-state index is 2.56. The fourth-order valence-electron chi connectivity index (χ4n) is 4.37. The Labute approximate surface area is 144 Å².